The van der Waals surface area contributed by atoms with E-state index < -0.39 is 17.5 Å². The van der Waals surface area contributed by atoms with Gasteiger partial charge in [-0.2, -0.15) is 0 Å². The van der Waals surface area contributed by atoms with E-state index in [1.165, 1.54) is 22.7 Å². The summed E-state index contributed by atoms with van der Waals surface area (Å²) >= 11 is 8.68. The Kier molecular flexibility index (Phi) is 5.17. The summed E-state index contributed by atoms with van der Waals surface area (Å²) in [6.45, 7) is 0.760. The molecule has 0 aliphatic heterocycles. The summed E-state index contributed by atoms with van der Waals surface area (Å²) in [5, 5.41) is 23.2. The van der Waals surface area contributed by atoms with Crippen LogP contribution in [0.4, 0.5) is 0 Å². The molecule has 0 aliphatic carbocycles. The van der Waals surface area contributed by atoms with Crippen LogP contribution >= 0.6 is 34.3 Å². The van der Waals surface area contributed by atoms with E-state index >= 15 is 0 Å². The molecule has 0 aliphatic rings. The SMILES string of the molecule is CC(O)(CNC(=O)Cc1csc(-c2ccc(Cl)s2)n1)C(=O)O. The monoisotopic (exact) mass is 360 g/mol. The van der Waals surface area contributed by atoms with Crippen molar-refractivity contribution in [3.05, 3.63) is 27.5 Å². The van der Waals surface area contributed by atoms with Crippen molar-refractivity contribution in [1.29, 1.82) is 0 Å². The number of nitrogens with one attached hydrogen (secondary N) is 1. The second-order valence-corrected chi connectivity index (χ2v) is 7.35. The molecule has 1 amide bonds. The minimum Gasteiger partial charge on any atom is -0.479 e. The van der Waals surface area contributed by atoms with Crippen LogP contribution in [0.5, 0.6) is 0 Å². The summed E-state index contributed by atoms with van der Waals surface area (Å²) in [5.41, 5.74) is -1.41. The van der Waals surface area contributed by atoms with Crippen molar-refractivity contribution in [3.63, 3.8) is 0 Å². The smallest absolute Gasteiger partial charge is 0.337 e. The molecular weight excluding hydrogens is 348 g/mol. The first-order chi connectivity index (χ1) is 10.3. The number of hydrogen-bond donors (Lipinski definition) is 3. The number of aromatic nitrogens is 1. The predicted octanol–water partition coefficient (Wildman–Crippen LogP) is 2.02. The summed E-state index contributed by atoms with van der Waals surface area (Å²) in [4.78, 5) is 27.8. The van der Waals surface area contributed by atoms with E-state index in [1.807, 2.05) is 6.07 Å². The van der Waals surface area contributed by atoms with Gasteiger partial charge in [0.05, 0.1) is 27.9 Å². The fourth-order valence-corrected chi connectivity index (χ4v) is 3.44. The highest BCUT2D eigenvalue weighted by atomic mass is 35.5. The molecule has 2 aromatic heterocycles. The van der Waals surface area contributed by atoms with Gasteiger partial charge in [-0.15, -0.1) is 22.7 Å². The Labute approximate surface area is 139 Å². The van der Waals surface area contributed by atoms with Gasteiger partial charge in [-0.1, -0.05) is 11.6 Å². The van der Waals surface area contributed by atoms with Crippen LogP contribution in [0, 0.1) is 0 Å². The topological polar surface area (TPSA) is 99.5 Å². The van der Waals surface area contributed by atoms with Crippen molar-refractivity contribution in [3.8, 4) is 9.88 Å². The average molecular weight is 361 g/mol. The number of amides is 1. The number of thiazole rings is 1. The molecule has 0 saturated carbocycles. The standard InChI is InChI=1S/C13H13ClN2O4S2/c1-13(20,12(18)19)6-15-10(17)4-7-5-21-11(16-7)8-2-3-9(14)22-8/h2-3,5,20H,4,6H2,1H3,(H,15,17)(H,18,19). The lowest BCUT2D eigenvalue weighted by Gasteiger charge is -2.17. The van der Waals surface area contributed by atoms with Crippen LogP contribution in [0.15, 0.2) is 17.5 Å². The highest BCUT2D eigenvalue weighted by Gasteiger charge is 2.30. The first-order valence-electron chi connectivity index (χ1n) is 6.20. The normalized spacial score (nSPS) is 13.6. The van der Waals surface area contributed by atoms with Crippen LogP contribution in [0.3, 0.4) is 0 Å². The van der Waals surface area contributed by atoms with Crippen molar-refractivity contribution in [2.24, 2.45) is 0 Å². The Hall–Kier alpha value is -1.48. The predicted molar refractivity (Wildman–Crippen MR) is 85.4 cm³/mol. The van der Waals surface area contributed by atoms with Crippen molar-refractivity contribution >= 4 is 46.2 Å². The number of carbonyl (C=O) groups is 2. The third-order valence-corrected chi connectivity index (χ3v) is 5.06. The zero-order chi connectivity index (χ0) is 16.3. The molecule has 6 nitrogen and oxygen atoms in total. The molecule has 0 radical (unpaired) electrons. The molecule has 2 heterocycles. The molecule has 1 unspecified atom stereocenters. The Morgan fingerprint density at radius 3 is 2.77 bits per heavy atom. The van der Waals surface area contributed by atoms with Crippen LogP contribution in [-0.2, 0) is 16.0 Å². The lowest BCUT2D eigenvalue weighted by molar-refractivity contribution is -0.156. The molecule has 118 valence electrons. The maximum Gasteiger partial charge on any atom is 0.337 e. The largest absolute Gasteiger partial charge is 0.479 e. The van der Waals surface area contributed by atoms with E-state index in [4.69, 9.17) is 16.7 Å². The summed E-state index contributed by atoms with van der Waals surface area (Å²) in [7, 11) is 0. The highest BCUT2D eigenvalue weighted by molar-refractivity contribution is 7.23. The van der Waals surface area contributed by atoms with E-state index in [1.54, 1.807) is 11.4 Å². The van der Waals surface area contributed by atoms with Gasteiger partial charge < -0.3 is 15.5 Å². The van der Waals surface area contributed by atoms with E-state index in [2.05, 4.69) is 10.3 Å². The Morgan fingerprint density at radius 1 is 1.45 bits per heavy atom. The molecule has 22 heavy (non-hydrogen) atoms. The Bertz CT molecular complexity index is 696. The highest BCUT2D eigenvalue weighted by Crippen LogP contribution is 2.32. The number of halogens is 1. The summed E-state index contributed by atoms with van der Waals surface area (Å²) in [6.07, 6.45) is 0.0192. The molecule has 0 spiro atoms. The third-order valence-electron chi connectivity index (χ3n) is 2.77. The van der Waals surface area contributed by atoms with E-state index in [0.717, 1.165) is 16.8 Å². The van der Waals surface area contributed by atoms with Crippen LogP contribution in [0.2, 0.25) is 4.34 Å². The maximum atomic E-state index is 11.8. The molecule has 2 rings (SSSR count). The summed E-state index contributed by atoms with van der Waals surface area (Å²) < 4.78 is 0.667. The second kappa shape index (κ2) is 6.74. The van der Waals surface area contributed by atoms with Gasteiger partial charge in [-0.25, -0.2) is 9.78 Å². The van der Waals surface area contributed by atoms with Crippen LogP contribution in [-0.4, -0.2) is 39.2 Å². The molecule has 1 atom stereocenters. The van der Waals surface area contributed by atoms with Gasteiger partial charge in [0, 0.05) is 5.38 Å². The number of carboxylic acid groups (broad SMARTS) is 1. The van der Waals surface area contributed by atoms with Crippen molar-refractivity contribution < 1.29 is 19.8 Å². The molecule has 0 bridgehead atoms. The first kappa shape index (κ1) is 16.9. The fourth-order valence-electron chi connectivity index (χ4n) is 1.50. The van der Waals surface area contributed by atoms with Crippen LogP contribution < -0.4 is 5.32 Å². The first-order valence-corrected chi connectivity index (χ1v) is 8.28. The number of aliphatic hydroxyl groups is 1. The van der Waals surface area contributed by atoms with Crippen LogP contribution in [0.1, 0.15) is 12.6 Å². The lowest BCUT2D eigenvalue weighted by atomic mass is 10.1. The van der Waals surface area contributed by atoms with Gasteiger partial charge in [0.25, 0.3) is 0 Å². The molecule has 9 heteroatoms. The van der Waals surface area contributed by atoms with Gasteiger partial charge in [0.1, 0.15) is 5.01 Å². The van der Waals surface area contributed by atoms with Gasteiger partial charge in [0.15, 0.2) is 5.60 Å². The number of hydrogen-bond acceptors (Lipinski definition) is 6. The molecule has 3 N–H and O–H groups in total. The summed E-state index contributed by atoms with van der Waals surface area (Å²) in [6, 6.07) is 3.64. The van der Waals surface area contributed by atoms with Crippen molar-refractivity contribution in [1.82, 2.24) is 10.3 Å². The van der Waals surface area contributed by atoms with E-state index in [0.29, 0.717) is 10.0 Å². The minimum absolute atomic E-state index is 0.0192. The van der Waals surface area contributed by atoms with Crippen molar-refractivity contribution in [2.75, 3.05) is 6.54 Å². The minimum atomic E-state index is -1.99. The Balaban J connectivity index is 1.93. The number of rotatable bonds is 6. The van der Waals surface area contributed by atoms with E-state index in [9.17, 15) is 14.7 Å². The van der Waals surface area contributed by atoms with Gasteiger partial charge in [-0.3, -0.25) is 4.79 Å². The number of carboxylic acids is 1. The molecule has 0 fully saturated rings. The molecule has 0 aromatic carbocycles. The quantitative estimate of drug-likeness (QED) is 0.731. The maximum absolute atomic E-state index is 11.8. The summed E-state index contributed by atoms with van der Waals surface area (Å²) in [5.74, 6) is -1.79. The number of aliphatic carboxylic acids is 1. The number of carbonyl (C=O) groups excluding carboxylic acids is 1. The fraction of sp³-hybridized carbons (Fsp3) is 0.308. The average Bonchev–Trinajstić information content (AvgIpc) is 3.05. The number of nitrogens with zero attached hydrogens (tertiary/aromatic N) is 1. The zero-order valence-corrected chi connectivity index (χ0v) is 13.9. The Morgan fingerprint density at radius 2 is 2.18 bits per heavy atom. The van der Waals surface area contributed by atoms with E-state index in [-0.39, 0.29) is 13.0 Å². The second-order valence-electron chi connectivity index (χ2n) is 4.78. The number of thiophene rings is 1. The lowest BCUT2D eigenvalue weighted by Crippen LogP contribution is -2.46. The van der Waals surface area contributed by atoms with Gasteiger partial charge in [0.2, 0.25) is 5.91 Å². The molecule has 2 aromatic rings. The van der Waals surface area contributed by atoms with Gasteiger partial charge >= 0.3 is 5.97 Å². The third kappa shape index (κ3) is 4.26. The molecule has 0 saturated heterocycles. The molecular formula is C13H13ClN2O4S2. The zero-order valence-electron chi connectivity index (χ0n) is 11.5. The van der Waals surface area contributed by atoms with Crippen molar-refractivity contribution in [2.45, 2.75) is 18.9 Å². The van der Waals surface area contributed by atoms with Gasteiger partial charge in [-0.05, 0) is 19.1 Å². The van der Waals surface area contributed by atoms with Crippen LogP contribution in [0.25, 0.3) is 9.88 Å².